The predicted octanol–water partition coefficient (Wildman–Crippen LogP) is 3.50. The smallest absolute Gasteiger partial charge is 0.0753 e. The van der Waals surface area contributed by atoms with Crippen molar-refractivity contribution >= 4 is 17.0 Å². The first kappa shape index (κ1) is 13.1. The van der Waals surface area contributed by atoms with E-state index in [0.29, 0.717) is 6.54 Å². The van der Waals surface area contributed by atoms with E-state index in [0.717, 1.165) is 0 Å². The number of anilines is 1. The Morgan fingerprint density at radius 3 is 2.39 bits per heavy atom. The van der Waals surface area contributed by atoms with Crippen LogP contribution in [0.1, 0.15) is 22.0 Å². The molecule has 1 heterocycles. The fourth-order valence-electron chi connectivity index (χ4n) is 2.28. The summed E-state index contributed by atoms with van der Waals surface area (Å²) in [6.45, 7) is 4.89. The minimum Gasteiger partial charge on any atom is -0.365 e. The number of aryl methyl sites for hydroxylation is 2. The maximum absolute atomic E-state index is 5.94. The Kier molecular flexibility index (Phi) is 4.04. The summed E-state index contributed by atoms with van der Waals surface area (Å²) >= 11 is 1.77. The van der Waals surface area contributed by atoms with Crippen LogP contribution in [0.3, 0.4) is 0 Å². The number of benzene rings is 1. The van der Waals surface area contributed by atoms with Gasteiger partial charge in [0.2, 0.25) is 0 Å². The summed E-state index contributed by atoms with van der Waals surface area (Å²) in [6, 6.07) is 11.1. The summed E-state index contributed by atoms with van der Waals surface area (Å²) in [5.41, 5.74) is 9.76. The molecule has 96 valence electrons. The van der Waals surface area contributed by atoms with Crippen molar-refractivity contribution in [3.05, 3.63) is 51.7 Å². The number of nitrogens with two attached hydrogens (primary N) is 1. The van der Waals surface area contributed by atoms with E-state index in [1.807, 2.05) is 0 Å². The minimum absolute atomic E-state index is 0.256. The normalized spacial score (nSPS) is 12.4. The summed E-state index contributed by atoms with van der Waals surface area (Å²) in [6.07, 6.45) is 0. The van der Waals surface area contributed by atoms with E-state index >= 15 is 0 Å². The van der Waals surface area contributed by atoms with Crippen LogP contribution in [0.15, 0.2) is 35.7 Å². The van der Waals surface area contributed by atoms with Gasteiger partial charge in [-0.3, -0.25) is 0 Å². The van der Waals surface area contributed by atoms with Crippen LogP contribution in [-0.2, 0) is 0 Å². The van der Waals surface area contributed by atoms with Crippen LogP contribution in [0.25, 0.3) is 0 Å². The van der Waals surface area contributed by atoms with Crippen LogP contribution < -0.4 is 10.6 Å². The van der Waals surface area contributed by atoms with E-state index in [9.17, 15) is 0 Å². The molecule has 0 bridgehead atoms. The van der Waals surface area contributed by atoms with Crippen molar-refractivity contribution in [2.75, 3.05) is 18.5 Å². The molecule has 0 aliphatic heterocycles. The van der Waals surface area contributed by atoms with Gasteiger partial charge in [-0.25, -0.2) is 0 Å². The highest BCUT2D eigenvalue weighted by atomic mass is 32.1. The highest BCUT2D eigenvalue weighted by Gasteiger charge is 2.17. The second-order valence-corrected chi connectivity index (χ2v) is 5.70. The van der Waals surface area contributed by atoms with Crippen LogP contribution in [0.4, 0.5) is 5.69 Å². The standard InChI is InChI=1S/C15H20N2S/c1-11-7-12(2)9-13(8-11)17(3)14(10-16)15-5-4-6-18-15/h4-9,14H,10,16H2,1-3H3. The van der Waals surface area contributed by atoms with Crippen LogP contribution in [0.5, 0.6) is 0 Å². The van der Waals surface area contributed by atoms with Gasteiger partial charge in [0.15, 0.2) is 0 Å². The second kappa shape index (κ2) is 5.55. The van der Waals surface area contributed by atoms with Crippen molar-refractivity contribution in [1.82, 2.24) is 0 Å². The molecular formula is C15H20N2S. The molecule has 0 saturated heterocycles. The first-order chi connectivity index (χ1) is 8.61. The molecular weight excluding hydrogens is 240 g/mol. The van der Waals surface area contributed by atoms with E-state index in [2.05, 4.69) is 61.5 Å². The molecule has 0 radical (unpaired) electrons. The Bertz CT molecular complexity index is 485. The Morgan fingerprint density at radius 2 is 1.89 bits per heavy atom. The highest BCUT2D eigenvalue weighted by Crippen LogP contribution is 2.29. The predicted molar refractivity (Wildman–Crippen MR) is 80.4 cm³/mol. The Hall–Kier alpha value is -1.32. The molecule has 1 aromatic heterocycles. The average Bonchev–Trinajstić information content (AvgIpc) is 2.82. The van der Waals surface area contributed by atoms with Crippen molar-refractivity contribution < 1.29 is 0 Å². The topological polar surface area (TPSA) is 29.3 Å². The quantitative estimate of drug-likeness (QED) is 0.911. The summed E-state index contributed by atoms with van der Waals surface area (Å²) in [7, 11) is 2.12. The van der Waals surface area contributed by atoms with Crippen molar-refractivity contribution in [3.63, 3.8) is 0 Å². The van der Waals surface area contributed by atoms with Gasteiger partial charge in [-0.05, 0) is 48.6 Å². The molecule has 0 aliphatic rings. The summed E-state index contributed by atoms with van der Waals surface area (Å²) in [5, 5.41) is 2.10. The fraction of sp³-hybridized carbons (Fsp3) is 0.333. The second-order valence-electron chi connectivity index (χ2n) is 4.72. The van der Waals surface area contributed by atoms with E-state index in [1.165, 1.54) is 21.7 Å². The highest BCUT2D eigenvalue weighted by molar-refractivity contribution is 7.10. The van der Waals surface area contributed by atoms with Crippen molar-refractivity contribution in [1.29, 1.82) is 0 Å². The largest absolute Gasteiger partial charge is 0.365 e. The molecule has 0 spiro atoms. The molecule has 2 aromatic rings. The molecule has 1 atom stereocenters. The molecule has 3 heteroatoms. The number of nitrogens with zero attached hydrogens (tertiary/aromatic N) is 1. The van der Waals surface area contributed by atoms with Gasteiger partial charge in [0.05, 0.1) is 6.04 Å². The third kappa shape index (κ3) is 2.74. The Labute approximate surface area is 113 Å². The zero-order chi connectivity index (χ0) is 13.1. The van der Waals surface area contributed by atoms with Crippen LogP contribution in [0.2, 0.25) is 0 Å². The zero-order valence-corrected chi connectivity index (χ0v) is 12.0. The lowest BCUT2D eigenvalue weighted by Crippen LogP contribution is -2.29. The number of thiophene rings is 1. The molecule has 1 aromatic carbocycles. The first-order valence-corrected chi connectivity index (χ1v) is 7.04. The third-order valence-corrected chi connectivity index (χ3v) is 4.15. The maximum Gasteiger partial charge on any atom is 0.0753 e. The van der Waals surface area contributed by atoms with Gasteiger partial charge < -0.3 is 10.6 Å². The summed E-state index contributed by atoms with van der Waals surface area (Å²) < 4.78 is 0. The van der Waals surface area contributed by atoms with Gasteiger partial charge in [-0.1, -0.05) is 12.1 Å². The minimum atomic E-state index is 0.256. The number of hydrogen-bond donors (Lipinski definition) is 1. The Morgan fingerprint density at radius 1 is 1.22 bits per heavy atom. The van der Waals surface area contributed by atoms with Crippen molar-refractivity contribution in [3.8, 4) is 0 Å². The fourth-order valence-corrected chi connectivity index (χ4v) is 3.16. The molecule has 2 rings (SSSR count). The van der Waals surface area contributed by atoms with Crippen LogP contribution >= 0.6 is 11.3 Å². The molecule has 0 aliphatic carbocycles. The molecule has 2 nitrogen and oxygen atoms in total. The molecule has 18 heavy (non-hydrogen) atoms. The van der Waals surface area contributed by atoms with E-state index in [-0.39, 0.29) is 6.04 Å². The molecule has 1 unspecified atom stereocenters. The van der Waals surface area contributed by atoms with E-state index in [4.69, 9.17) is 5.73 Å². The Balaban J connectivity index is 2.31. The van der Waals surface area contributed by atoms with E-state index in [1.54, 1.807) is 11.3 Å². The van der Waals surface area contributed by atoms with Gasteiger partial charge >= 0.3 is 0 Å². The summed E-state index contributed by atoms with van der Waals surface area (Å²) in [4.78, 5) is 3.59. The molecule has 0 amide bonds. The number of rotatable bonds is 4. The summed E-state index contributed by atoms with van der Waals surface area (Å²) in [5.74, 6) is 0. The van der Waals surface area contributed by atoms with Gasteiger partial charge in [0.1, 0.15) is 0 Å². The van der Waals surface area contributed by atoms with Gasteiger partial charge in [0, 0.05) is 24.2 Å². The van der Waals surface area contributed by atoms with Crippen LogP contribution in [-0.4, -0.2) is 13.6 Å². The lowest BCUT2D eigenvalue weighted by molar-refractivity contribution is 0.692. The lowest BCUT2D eigenvalue weighted by Gasteiger charge is -2.29. The van der Waals surface area contributed by atoms with Crippen LogP contribution in [0, 0.1) is 13.8 Å². The van der Waals surface area contributed by atoms with Gasteiger partial charge in [-0.15, -0.1) is 11.3 Å². The van der Waals surface area contributed by atoms with Crippen molar-refractivity contribution in [2.24, 2.45) is 5.73 Å². The number of hydrogen-bond acceptors (Lipinski definition) is 3. The SMILES string of the molecule is Cc1cc(C)cc(N(C)C(CN)c2cccs2)c1. The first-order valence-electron chi connectivity index (χ1n) is 6.16. The lowest BCUT2D eigenvalue weighted by atomic mass is 10.1. The molecule has 0 fully saturated rings. The van der Waals surface area contributed by atoms with Gasteiger partial charge in [0.25, 0.3) is 0 Å². The average molecular weight is 260 g/mol. The third-order valence-electron chi connectivity index (χ3n) is 3.18. The monoisotopic (exact) mass is 260 g/mol. The molecule has 0 saturated carbocycles. The zero-order valence-electron chi connectivity index (χ0n) is 11.2. The molecule has 2 N–H and O–H groups in total. The number of likely N-dealkylation sites (N-methyl/N-ethyl adjacent to an activating group) is 1. The van der Waals surface area contributed by atoms with E-state index < -0.39 is 0 Å². The van der Waals surface area contributed by atoms with Gasteiger partial charge in [-0.2, -0.15) is 0 Å². The maximum atomic E-state index is 5.94. The van der Waals surface area contributed by atoms with Crippen molar-refractivity contribution in [2.45, 2.75) is 19.9 Å².